The number of carbonyl (C=O) groups excluding carboxylic acids is 1. The number of sulfonamides is 1. The van der Waals surface area contributed by atoms with Gasteiger partial charge in [0, 0.05) is 29.2 Å². The quantitative estimate of drug-likeness (QED) is 0.418. The first-order valence-electron chi connectivity index (χ1n) is 11.0. The molecule has 0 saturated heterocycles. The Hall–Kier alpha value is -3.62. The Morgan fingerprint density at radius 3 is 2.41 bits per heavy atom. The fraction of sp³-hybridized carbons (Fsp3) is 0.192. The number of nitrogens with zero attached hydrogens (tertiary/aromatic N) is 1. The number of benzene rings is 3. The molecule has 0 radical (unpaired) electrons. The van der Waals surface area contributed by atoms with Crippen molar-refractivity contribution >= 4 is 44.3 Å². The van der Waals surface area contributed by atoms with Gasteiger partial charge in [0.25, 0.3) is 5.91 Å². The lowest BCUT2D eigenvalue weighted by Gasteiger charge is -2.17. The number of hydrogen-bond donors (Lipinski definition) is 3. The molecule has 8 heteroatoms. The van der Waals surface area contributed by atoms with Crippen LogP contribution in [0.5, 0.6) is 0 Å². The molecule has 3 aromatic carbocycles. The van der Waals surface area contributed by atoms with Gasteiger partial charge in [-0.25, -0.2) is 8.42 Å². The van der Waals surface area contributed by atoms with E-state index in [0.717, 1.165) is 23.4 Å². The van der Waals surface area contributed by atoms with Crippen molar-refractivity contribution in [1.82, 2.24) is 4.90 Å². The second-order valence-corrected chi connectivity index (χ2v) is 10.4. The van der Waals surface area contributed by atoms with E-state index >= 15 is 0 Å². The lowest BCUT2D eigenvalue weighted by molar-refractivity contribution is -0.110. The standard InChI is InChI=1S/C26H28N4O3S/c1-4-34(32,33)29-21-13-14-23-22(16-21)24(26(31)28-23)25(19-10-6-5-7-11-19)27-20-12-8-9-18(15-20)17-30(2)3/h5-16,27,29H,4,17H2,1-3H3,(H,28,31)/b25-24-. The van der Waals surface area contributed by atoms with Gasteiger partial charge in [-0.1, -0.05) is 42.5 Å². The maximum Gasteiger partial charge on any atom is 0.258 e. The maximum atomic E-state index is 13.1. The van der Waals surface area contributed by atoms with E-state index in [1.54, 1.807) is 25.1 Å². The van der Waals surface area contributed by atoms with Crippen LogP contribution < -0.4 is 15.4 Å². The van der Waals surface area contributed by atoms with Gasteiger partial charge in [0.15, 0.2) is 0 Å². The molecule has 0 aliphatic carbocycles. The summed E-state index contributed by atoms with van der Waals surface area (Å²) >= 11 is 0. The second-order valence-electron chi connectivity index (χ2n) is 8.40. The van der Waals surface area contributed by atoms with E-state index in [-0.39, 0.29) is 11.7 Å². The fourth-order valence-corrected chi connectivity index (χ4v) is 4.50. The molecule has 0 spiro atoms. The average Bonchev–Trinajstić information content (AvgIpc) is 3.12. The molecule has 3 aromatic rings. The number of hydrogen-bond acceptors (Lipinski definition) is 5. The minimum atomic E-state index is -3.45. The van der Waals surface area contributed by atoms with Crippen molar-refractivity contribution < 1.29 is 13.2 Å². The number of carbonyl (C=O) groups is 1. The van der Waals surface area contributed by atoms with Crippen molar-refractivity contribution in [2.75, 3.05) is 35.2 Å². The van der Waals surface area contributed by atoms with Gasteiger partial charge in [-0.05, 0) is 62.5 Å². The zero-order chi connectivity index (χ0) is 24.3. The fourth-order valence-electron chi connectivity index (χ4n) is 3.87. The Morgan fingerprint density at radius 2 is 1.71 bits per heavy atom. The molecular formula is C26H28N4O3S. The topological polar surface area (TPSA) is 90.5 Å². The maximum absolute atomic E-state index is 13.1. The third-order valence-electron chi connectivity index (χ3n) is 5.43. The highest BCUT2D eigenvalue weighted by Crippen LogP contribution is 2.39. The Balaban J connectivity index is 1.83. The predicted molar refractivity (Wildman–Crippen MR) is 139 cm³/mol. The monoisotopic (exact) mass is 476 g/mol. The molecule has 0 aromatic heterocycles. The minimum Gasteiger partial charge on any atom is -0.354 e. The highest BCUT2D eigenvalue weighted by Gasteiger charge is 2.29. The van der Waals surface area contributed by atoms with Crippen LogP contribution in [-0.2, 0) is 21.4 Å². The molecule has 1 aliphatic heterocycles. The largest absolute Gasteiger partial charge is 0.354 e. The zero-order valence-corrected chi connectivity index (χ0v) is 20.2. The average molecular weight is 477 g/mol. The Kier molecular flexibility index (Phi) is 6.72. The molecule has 0 atom stereocenters. The number of fused-ring (bicyclic) bond motifs is 1. The van der Waals surface area contributed by atoms with E-state index in [1.807, 2.05) is 56.6 Å². The first kappa shape index (κ1) is 23.5. The van der Waals surface area contributed by atoms with E-state index in [2.05, 4.69) is 32.4 Å². The lowest BCUT2D eigenvalue weighted by Crippen LogP contribution is -2.14. The van der Waals surface area contributed by atoms with Gasteiger partial charge in [-0.15, -0.1) is 0 Å². The summed E-state index contributed by atoms with van der Waals surface area (Å²) in [4.78, 5) is 15.2. The van der Waals surface area contributed by atoms with Crippen LogP contribution in [0.15, 0.2) is 72.8 Å². The Labute approximate surface area is 200 Å². The van der Waals surface area contributed by atoms with Crippen LogP contribution in [0.2, 0.25) is 0 Å². The van der Waals surface area contributed by atoms with Crippen LogP contribution in [0, 0.1) is 0 Å². The van der Waals surface area contributed by atoms with Gasteiger partial charge in [0.05, 0.1) is 17.0 Å². The molecule has 7 nitrogen and oxygen atoms in total. The predicted octanol–water partition coefficient (Wildman–Crippen LogP) is 4.44. The molecule has 1 aliphatic rings. The number of anilines is 3. The van der Waals surface area contributed by atoms with E-state index in [9.17, 15) is 13.2 Å². The molecule has 1 heterocycles. The summed E-state index contributed by atoms with van der Waals surface area (Å²) in [6.45, 7) is 2.37. The minimum absolute atomic E-state index is 0.0376. The van der Waals surface area contributed by atoms with Gasteiger partial charge in [-0.2, -0.15) is 0 Å². The van der Waals surface area contributed by atoms with Crippen LogP contribution in [0.3, 0.4) is 0 Å². The van der Waals surface area contributed by atoms with Gasteiger partial charge in [0.1, 0.15) is 0 Å². The SMILES string of the molecule is CCS(=O)(=O)Nc1ccc2c(c1)/C(=C(/Nc1cccc(CN(C)C)c1)c1ccccc1)C(=O)N2. The smallest absolute Gasteiger partial charge is 0.258 e. The molecule has 4 rings (SSSR count). The molecule has 0 saturated carbocycles. The Morgan fingerprint density at radius 1 is 0.941 bits per heavy atom. The number of nitrogens with one attached hydrogen (secondary N) is 3. The van der Waals surface area contributed by atoms with Crippen LogP contribution in [0.1, 0.15) is 23.6 Å². The highest BCUT2D eigenvalue weighted by molar-refractivity contribution is 7.92. The molecule has 0 fully saturated rings. The number of amides is 1. The van der Waals surface area contributed by atoms with Crippen molar-refractivity contribution in [3.63, 3.8) is 0 Å². The van der Waals surface area contributed by atoms with Crippen LogP contribution in [0.4, 0.5) is 17.1 Å². The van der Waals surface area contributed by atoms with Crippen LogP contribution in [0.25, 0.3) is 11.3 Å². The van der Waals surface area contributed by atoms with Crippen molar-refractivity contribution in [3.05, 3.63) is 89.5 Å². The summed E-state index contributed by atoms with van der Waals surface area (Å²) in [5, 5.41) is 6.37. The third kappa shape index (κ3) is 5.30. The second kappa shape index (κ2) is 9.70. The van der Waals surface area contributed by atoms with Crippen molar-refractivity contribution in [2.45, 2.75) is 13.5 Å². The zero-order valence-electron chi connectivity index (χ0n) is 19.4. The summed E-state index contributed by atoms with van der Waals surface area (Å²) in [5.74, 6) is -0.286. The van der Waals surface area contributed by atoms with Gasteiger partial charge >= 0.3 is 0 Å². The summed E-state index contributed by atoms with van der Waals surface area (Å²) in [5.41, 5.74) is 5.63. The lowest BCUT2D eigenvalue weighted by atomic mass is 9.99. The highest BCUT2D eigenvalue weighted by atomic mass is 32.2. The van der Waals surface area contributed by atoms with Crippen LogP contribution >= 0.6 is 0 Å². The molecule has 176 valence electrons. The van der Waals surface area contributed by atoms with E-state index in [1.165, 1.54) is 0 Å². The van der Waals surface area contributed by atoms with E-state index in [0.29, 0.717) is 28.2 Å². The van der Waals surface area contributed by atoms with Crippen molar-refractivity contribution in [2.24, 2.45) is 0 Å². The molecule has 0 bridgehead atoms. The van der Waals surface area contributed by atoms with E-state index < -0.39 is 10.0 Å². The summed E-state index contributed by atoms with van der Waals surface area (Å²) in [6.07, 6.45) is 0. The van der Waals surface area contributed by atoms with E-state index in [4.69, 9.17) is 0 Å². The summed E-state index contributed by atoms with van der Waals surface area (Å²) in [6, 6.07) is 22.8. The normalized spacial score (nSPS) is 14.5. The Bertz CT molecular complexity index is 1350. The number of rotatable bonds is 8. The third-order valence-corrected chi connectivity index (χ3v) is 6.73. The molecule has 1 amide bonds. The first-order valence-corrected chi connectivity index (χ1v) is 12.7. The molecule has 34 heavy (non-hydrogen) atoms. The molecule has 3 N–H and O–H groups in total. The van der Waals surface area contributed by atoms with Gasteiger partial charge < -0.3 is 15.5 Å². The van der Waals surface area contributed by atoms with Crippen molar-refractivity contribution in [3.8, 4) is 0 Å². The molecular weight excluding hydrogens is 448 g/mol. The molecule has 0 unspecified atom stereocenters. The van der Waals surface area contributed by atoms with Gasteiger partial charge in [0.2, 0.25) is 10.0 Å². The van der Waals surface area contributed by atoms with Crippen molar-refractivity contribution in [1.29, 1.82) is 0 Å². The summed E-state index contributed by atoms with van der Waals surface area (Å²) in [7, 11) is 0.583. The van der Waals surface area contributed by atoms with Gasteiger partial charge in [-0.3, -0.25) is 9.52 Å². The first-order chi connectivity index (χ1) is 16.3. The van der Waals surface area contributed by atoms with Crippen LogP contribution in [-0.4, -0.2) is 39.1 Å². The summed E-state index contributed by atoms with van der Waals surface area (Å²) < 4.78 is 26.8.